The highest BCUT2D eigenvalue weighted by molar-refractivity contribution is 5.78. The molecule has 0 rings (SSSR count). The van der Waals surface area contributed by atoms with Crippen molar-refractivity contribution in [3.05, 3.63) is 6.92 Å². The van der Waals surface area contributed by atoms with Gasteiger partial charge < -0.3 is 10.8 Å². The average Bonchev–Trinajstić information content (AvgIpc) is 1.82. The fourth-order valence-corrected chi connectivity index (χ4v) is 0.440. The molecule has 0 bridgehead atoms. The van der Waals surface area contributed by atoms with Crippen molar-refractivity contribution in [1.29, 1.82) is 0 Å². The number of carboxylic acids is 1. The molecule has 0 aromatic carbocycles. The molecular weight excluding hydrogens is 134 g/mol. The van der Waals surface area contributed by atoms with Crippen molar-refractivity contribution in [3.63, 3.8) is 0 Å². The number of hydrogen-bond donors (Lipinski definition) is 2. The molecule has 0 heterocycles. The third kappa shape index (κ3) is 3.88. The van der Waals surface area contributed by atoms with E-state index in [1.165, 1.54) is 0 Å². The van der Waals surface area contributed by atoms with Crippen molar-refractivity contribution in [3.8, 4) is 0 Å². The lowest BCUT2D eigenvalue weighted by molar-refractivity contribution is -0.137. The highest BCUT2D eigenvalue weighted by Crippen LogP contribution is 2.02. The lowest BCUT2D eigenvalue weighted by Gasteiger charge is -2.02. The number of carbonyl (C=O) groups is 2. The zero-order chi connectivity index (χ0) is 8.15. The SMILES string of the molecule is [CH2]C(CCC(=O)O)C(N)=O. The molecule has 0 aliphatic heterocycles. The van der Waals surface area contributed by atoms with Gasteiger partial charge in [-0.3, -0.25) is 9.59 Å². The van der Waals surface area contributed by atoms with Crippen molar-refractivity contribution in [2.75, 3.05) is 0 Å². The topological polar surface area (TPSA) is 80.4 Å². The molecule has 1 radical (unpaired) electrons. The minimum absolute atomic E-state index is 0.0584. The summed E-state index contributed by atoms with van der Waals surface area (Å²) in [4.78, 5) is 20.2. The Morgan fingerprint density at radius 2 is 2.10 bits per heavy atom. The Kier molecular flexibility index (Phi) is 3.46. The number of primary amides is 1. The predicted octanol–water partition coefficient (Wildman–Crippen LogP) is -0.213. The van der Waals surface area contributed by atoms with Crippen LogP contribution in [-0.4, -0.2) is 17.0 Å². The Morgan fingerprint density at radius 1 is 1.60 bits per heavy atom. The second-order valence-electron chi connectivity index (χ2n) is 2.03. The summed E-state index contributed by atoms with van der Waals surface area (Å²) >= 11 is 0. The molecule has 1 amide bonds. The Morgan fingerprint density at radius 3 is 2.40 bits per heavy atom. The largest absolute Gasteiger partial charge is 0.481 e. The molecule has 0 aromatic rings. The summed E-state index contributed by atoms with van der Waals surface area (Å²) in [6.07, 6.45) is 0.155. The van der Waals surface area contributed by atoms with Crippen molar-refractivity contribution >= 4 is 11.9 Å². The number of carbonyl (C=O) groups excluding carboxylic acids is 1. The Hall–Kier alpha value is -1.06. The molecule has 3 N–H and O–H groups in total. The van der Waals surface area contributed by atoms with E-state index >= 15 is 0 Å². The number of aliphatic carboxylic acids is 1. The van der Waals surface area contributed by atoms with E-state index in [4.69, 9.17) is 10.8 Å². The Balaban J connectivity index is 3.49. The minimum atomic E-state index is -0.935. The first-order chi connectivity index (χ1) is 4.54. The fraction of sp³-hybridized carbons (Fsp3) is 0.500. The van der Waals surface area contributed by atoms with Gasteiger partial charge in [-0.15, -0.1) is 0 Å². The summed E-state index contributed by atoms with van der Waals surface area (Å²) in [5, 5.41) is 8.16. The zero-order valence-corrected chi connectivity index (χ0v) is 5.54. The molecule has 1 unspecified atom stereocenters. The second kappa shape index (κ2) is 3.87. The van der Waals surface area contributed by atoms with Crippen LogP contribution in [0, 0.1) is 12.8 Å². The van der Waals surface area contributed by atoms with E-state index in [1.807, 2.05) is 0 Å². The monoisotopic (exact) mass is 144 g/mol. The smallest absolute Gasteiger partial charge is 0.303 e. The number of nitrogens with two attached hydrogens (primary N) is 1. The summed E-state index contributed by atoms with van der Waals surface area (Å²) in [7, 11) is 0. The first-order valence-electron chi connectivity index (χ1n) is 2.88. The lowest BCUT2D eigenvalue weighted by atomic mass is 10.1. The average molecular weight is 144 g/mol. The van der Waals surface area contributed by atoms with Crippen LogP contribution in [-0.2, 0) is 9.59 Å². The van der Waals surface area contributed by atoms with Crippen LogP contribution < -0.4 is 5.73 Å². The van der Waals surface area contributed by atoms with Crippen LogP contribution in [0.1, 0.15) is 12.8 Å². The van der Waals surface area contributed by atoms with Gasteiger partial charge in [-0.2, -0.15) is 0 Å². The highest BCUT2D eigenvalue weighted by Gasteiger charge is 2.09. The molecule has 0 aromatic heterocycles. The molecule has 4 heteroatoms. The van der Waals surface area contributed by atoms with E-state index in [-0.39, 0.29) is 12.8 Å². The molecule has 1 atom stereocenters. The van der Waals surface area contributed by atoms with Gasteiger partial charge in [0.05, 0.1) is 0 Å². The molecular formula is C6H10NO3. The number of hydrogen-bond acceptors (Lipinski definition) is 2. The summed E-state index contributed by atoms with van der Waals surface area (Å²) in [6, 6.07) is 0. The van der Waals surface area contributed by atoms with E-state index in [2.05, 4.69) is 6.92 Å². The van der Waals surface area contributed by atoms with E-state index in [9.17, 15) is 9.59 Å². The lowest BCUT2D eigenvalue weighted by Crippen LogP contribution is -2.21. The molecule has 0 spiro atoms. The molecule has 0 saturated carbocycles. The third-order valence-corrected chi connectivity index (χ3v) is 1.11. The maximum Gasteiger partial charge on any atom is 0.303 e. The van der Waals surface area contributed by atoms with Crippen molar-refractivity contribution in [2.24, 2.45) is 11.7 Å². The van der Waals surface area contributed by atoms with E-state index in [1.54, 1.807) is 0 Å². The van der Waals surface area contributed by atoms with Gasteiger partial charge in [0.15, 0.2) is 0 Å². The maximum atomic E-state index is 10.3. The van der Waals surface area contributed by atoms with Crippen molar-refractivity contribution < 1.29 is 14.7 Å². The van der Waals surface area contributed by atoms with Gasteiger partial charge in [0, 0.05) is 12.3 Å². The Labute approximate surface area is 59.0 Å². The molecule has 0 aliphatic rings. The van der Waals surface area contributed by atoms with Gasteiger partial charge in [-0.1, -0.05) is 0 Å². The van der Waals surface area contributed by atoms with Gasteiger partial charge in [0.2, 0.25) is 5.91 Å². The van der Waals surface area contributed by atoms with Crippen LogP contribution in [0.5, 0.6) is 0 Å². The summed E-state index contributed by atoms with van der Waals surface area (Å²) < 4.78 is 0. The molecule has 0 fully saturated rings. The number of rotatable bonds is 4. The summed E-state index contributed by atoms with van der Waals surface area (Å²) in [5.74, 6) is -2.08. The maximum absolute atomic E-state index is 10.3. The van der Waals surface area contributed by atoms with Gasteiger partial charge in [0.1, 0.15) is 0 Å². The van der Waals surface area contributed by atoms with Crippen LogP contribution in [0.2, 0.25) is 0 Å². The van der Waals surface area contributed by atoms with Gasteiger partial charge in [-0.05, 0) is 13.3 Å². The predicted molar refractivity (Wildman–Crippen MR) is 34.9 cm³/mol. The van der Waals surface area contributed by atoms with Crippen molar-refractivity contribution in [1.82, 2.24) is 0 Å². The fourth-order valence-electron chi connectivity index (χ4n) is 0.440. The van der Waals surface area contributed by atoms with Gasteiger partial charge in [-0.25, -0.2) is 0 Å². The first-order valence-corrected chi connectivity index (χ1v) is 2.88. The van der Waals surface area contributed by atoms with Crippen LogP contribution in [0.25, 0.3) is 0 Å². The Bertz CT molecular complexity index is 144. The summed E-state index contributed by atoms with van der Waals surface area (Å²) in [6.45, 7) is 3.37. The van der Waals surface area contributed by atoms with Crippen molar-refractivity contribution in [2.45, 2.75) is 12.8 Å². The van der Waals surface area contributed by atoms with Crippen LogP contribution in [0.15, 0.2) is 0 Å². The van der Waals surface area contributed by atoms with Gasteiger partial charge in [0.25, 0.3) is 0 Å². The normalized spacial score (nSPS) is 12.5. The second-order valence-corrected chi connectivity index (χ2v) is 2.03. The first kappa shape index (κ1) is 8.94. The minimum Gasteiger partial charge on any atom is -0.481 e. The third-order valence-electron chi connectivity index (χ3n) is 1.11. The highest BCUT2D eigenvalue weighted by atomic mass is 16.4. The van der Waals surface area contributed by atoms with Crippen LogP contribution in [0.3, 0.4) is 0 Å². The molecule has 0 saturated heterocycles. The number of carboxylic acid groups (broad SMARTS) is 1. The van der Waals surface area contributed by atoms with Gasteiger partial charge >= 0.3 is 5.97 Å². The van der Waals surface area contributed by atoms with E-state index in [0.29, 0.717) is 0 Å². The molecule has 4 nitrogen and oxygen atoms in total. The van der Waals surface area contributed by atoms with E-state index < -0.39 is 17.8 Å². The van der Waals surface area contributed by atoms with Crippen LogP contribution >= 0.6 is 0 Å². The zero-order valence-electron chi connectivity index (χ0n) is 5.54. The summed E-state index contributed by atoms with van der Waals surface area (Å²) in [5.41, 5.74) is 4.83. The number of amides is 1. The molecule has 0 aliphatic carbocycles. The standard InChI is InChI=1S/C6H10NO3/c1-4(6(7)10)2-3-5(8)9/h4H,1-3H2,(H2,7,10)(H,8,9). The van der Waals surface area contributed by atoms with E-state index in [0.717, 1.165) is 0 Å². The molecule has 10 heavy (non-hydrogen) atoms. The quantitative estimate of drug-likeness (QED) is 0.572. The molecule has 57 valence electrons. The van der Waals surface area contributed by atoms with Crippen LogP contribution in [0.4, 0.5) is 0 Å².